The van der Waals surface area contributed by atoms with E-state index in [1.54, 1.807) is 43.3 Å². The van der Waals surface area contributed by atoms with Gasteiger partial charge < -0.3 is 14.6 Å². The molecule has 2 rings (SSSR count). The number of rotatable bonds is 11. The number of hydrogen-bond acceptors (Lipinski definition) is 4. The molecule has 144 valence electrons. The molecule has 0 saturated carbocycles. The van der Waals surface area contributed by atoms with Crippen LogP contribution in [0.15, 0.2) is 42.5 Å². The summed E-state index contributed by atoms with van der Waals surface area (Å²) in [4.78, 5) is 23.4. The maximum Gasteiger partial charge on any atom is 0.171 e. The molecule has 0 atom stereocenters. The molecule has 0 aliphatic carbocycles. The van der Waals surface area contributed by atoms with Crippen molar-refractivity contribution in [2.24, 2.45) is 0 Å². The Kier molecular flexibility index (Phi) is 8.34. The summed E-state index contributed by atoms with van der Waals surface area (Å²) in [5, 5.41) is 10.4. The van der Waals surface area contributed by atoms with Gasteiger partial charge in [-0.15, -0.1) is 0 Å². The fourth-order valence-corrected chi connectivity index (χ4v) is 3.01. The highest BCUT2D eigenvalue weighted by atomic mass is 35.5. The van der Waals surface area contributed by atoms with Gasteiger partial charge in [0.2, 0.25) is 0 Å². The molecule has 0 aliphatic rings. The largest absolute Gasteiger partial charge is 0.507 e. The van der Waals surface area contributed by atoms with Crippen LogP contribution in [0, 0.1) is 0 Å². The first-order valence-corrected chi connectivity index (χ1v) is 9.57. The topological polar surface area (TPSA) is 63.6 Å². The third-order valence-corrected chi connectivity index (χ3v) is 4.49. The Morgan fingerprint density at radius 1 is 1.04 bits per heavy atom. The molecule has 4 nitrogen and oxygen atoms in total. The standard InChI is InChI=1S/C22H25ClO4/c1-16(24)8-4-2-3-7-13-27-22-12-11-18(23)14-17(22)15-21(26)19-9-5-6-10-20(19)25/h5-6,9-12,14,25H,2-4,7-8,13,15H2,1H3. The molecule has 0 radical (unpaired) electrons. The number of halogens is 1. The van der Waals surface area contributed by atoms with Crippen molar-refractivity contribution in [1.82, 2.24) is 0 Å². The van der Waals surface area contributed by atoms with Gasteiger partial charge in [-0.2, -0.15) is 0 Å². The van der Waals surface area contributed by atoms with Gasteiger partial charge in [-0.1, -0.05) is 36.6 Å². The Morgan fingerprint density at radius 3 is 2.52 bits per heavy atom. The van der Waals surface area contributed by atoms with E-state index in [4.69, 9.17) is 16.3 Å². The minimum Gasteiger partial charge on any atom is -0.507 e. The fraction of sp³-hybridized carbons (Fsp3) is 0.364. The Bertz CT molecular complexity index is 786. The minimum absolute atomic E-state index is 0.0300. The maximum atomic E-state index is 12.5. The molecule has 27 heavy (non-hydrogen) atoms. The Hall–Kier alpha value is -2.33. The van der Waals surface area contributed by atoms with Crippen LogP contribution in [0.25, 0.3) is 0 Å². The predicted molar refractivity (Wildman–Crippen MR) is 107 cm³/mol. The number of phenols is 1. The van der Waals surface area contributed by atoms with Gasteiger partial charge in [-0.05, 0) is 50.1 Å². The van der Waals surface area contributed by atoms with Crippen LogP contribution in [0.3, 0.4) is 0 Å². The van der Waals surface area contributed by atoms with Crippen LogP contribution in [0.5, 0.6) is 11.5 Å². The quantitative estimate of drug-likeness (QED) is 0.414. The van der Waals surface area contributed by atoms with Gasteiger partial charge in [0.25, 0.3) is 0 Å². The number of carbonyl (C=O) groups excluding carboxylic acids is 2. The van der Waals surface area contributed by atoms with Crippen LogP contribution in [-0.2, 0) is 11.2 Å². The molecule has 0 amide bonds. The van der Waals surface area contributed by atoms with Crippen LogP contribution >= 0.6 is 11.6 Å². The van der Waals surface area contributed by atoms with Crippen molar-refractivity contribution < 1.29 is 19.4 Å². The van der Waals surface area contributed by atoms with Crippen molar-refractivity contribution in [3.05, 3.63) is 58.6 Å². The number of hydrogen-bond donors (Lipinski definition) is 1. The number of ether oxygens (including phenoxy) is 1. The van der Waals surface area contributed by atoms with E-state index < -0.39 is 0 Å². The molecule has 5 heteroatoms. The molecule has 0 fully saturated rings. The summed E-state index contributed by atoms with van der Waals surface area (Å²) < 4.78 is 5.85. The normalized spacial score (nSPS) is 10.6. The number of unbranched alkanes of at least 4 members (excludes halogenated alkanes) is 3. The van der Waals surface area contributed by atoms with Crippen LogP contribution in [-0.4, -0.2) is 23.3 Å². The van der Waals surface area contributed by atoms with E-state index >= 15 is 0 Å². The summed E-state index contributed by atoms with van der Waals surface area (Å²) in [6.07, 6.45) is 4.53. The molecule has 2 aromatic carbocycles. The van der Waals surface area contributed by atoms with Crippen molar-refractivity contribution in [3.8, 4) is 11.5 Å². The minimum atomic E-state index is -0.190. The van der Waals surface area contributed by atoms with E-state index in [1.165, 1.54) is 6.07 Å². The average Bonchev–Trinajstić information content (AvgIpc) is 2.62. The SMILES string of the molecule is CC(=O)CCCCCCOc1ccc(Cl)cc1CC(=O)c1ccccc1O. The number of benzene rings is 2. The van der Waals surface area contributed by atoms with Gasteiger partial charge in [0.15, 0.2) is 5.78 Å². The highest BCUT2D eigenvalue weighted by molar-refractivity contribution is 6.30. The molecular formula is C22H25ClO4. The van der Waals surface area contributed by atoms with Crippen LogP contribution in [0.4, 0.5) is 0 Å². The van der Waals surface area contributed by atoms with E-state index in [0.29, 0.717) is 29.4 Å². The van der Waals surface area contributed by atoms with Crippen LogP contribution in [0.2, 0.25) is 5.02 Å². The zero-order valence-corrected chi connectivity index (χ0v) is 16.3. The van der Waals surface area contributed by atoms with Crippen molar-refractivity contribution in [2.45, 2.75) is 45.4 Å². The van der Waals surface area contributed by atoms with Gasteiger partial charge in [0, 0.05) is 23.4 Å². The van der Waals surface area contributed by atoms with Crippen molar-refractivity contribution >= 4 is 23.2 Å². The zero-order valence-electron chi connectivity index (χ0n) is 15.5. The molecule has 0 bridgehead atoms. The molecule has 0 spiro atoms. The summed E-state index contributed by atoms with van der Waals surface area (Å²) in [6, 6.07) is 11.7. The first-order valence-electron chi connectivity index (χ1n) is 9.19. The Labute approximate surface area is 165 Å². The molecule has 0 saturated heterocycles. The maximum absolute atomic E-state index is 12.5. The monoisotopic (exact) mass is 388 g/mol. The second-order valence-electron chi connectivity index (χ2n) is 6.58. The summed E-state index contributed by atoms with van der Waals surface area (Å²) in [7, 11) is 0. The molecule has 0 aliphatic heterocycles. The second-order valence-corrected chi connectivity index (χ2v) is 7.02. The third kappa shape index (κ3) is 7.06. The molecule has 0 heterocycles. The number of ketones is 2. The van der Waals surface area contributed by atoms with E-state index in [0.717, 1.165) is 25.7 Å². The first-order chi connectivity index (χ1) is 13.0. The number of phenolic OH excluding ortho intramolecular Hbond substituents is 1. The number of carbonyl (C=O) groups is 2. The number of para-hydroxylation sites is 1. The molecule has 0 unspecified atom stereocenters. The van der Waals surface area contributed by atoms with Crippen LogP contribution in [0.1, 0.15) is 54.9 Å². The zero-order chi connectivity index (χ0) is 19.6. The smallest absolute Gasteiger partial charge is 0.171 e. The van der Waals surface area contributed by atoms with Crippen molar-refractivity contribution in [2.75, 3.05) is 6.61 Å². The van der Waals surface area contributed by atoms with Gasteiger partial charge in [-0.25, -0.2) is 0 Å². The van der Waals surface area contributed by atoms with Crippen molar-refractivity contribution in [3.63, 3.8) is 0 Å². The highest BCUT2D eigenvalue weighted by Gasteiger charge is 2.14. The first kappa shape index (κ1) is 21.0. The second kappa shape index (κ2) is 10.7. The molecule has 0 aromatic heterocycles. The Morgan fingerprint density at radius 2 is 1.78 bits per heavy atom. The van der Waals surface area contributed by atoms with E-state index in [9.17, 15) is 14.7 Å². The van der Waals surface area contributed by atoms with Gasteiger partial charge in [0.05, 0.1) is 12.2 Å². The van der Waals surface area contributed by atoms with Gasteiger partial charge >= 0.3 is 0 Å². The fourth-order valence-electron chi connectivity index (χ4n) is 2.82. The Balaban J connectivity index is 1.91. The summed E-state index contributed by atoms with van der Waals surface area (Å²) in [5.41, 5.74) is 0.987. The lowest BCUT2D eigenvalue weighted by molar-refractivity contribution is -0.117. The van der Waals surface area contributed by atoms with Gasteiger partial charge in [0.1, 0.15) is 17.3 Å². The van der Waals surface area contributed by atoms with E-state index in [-0.39, 0.29) is 29.3 Å². The van der Waals surface area contributed by atoms with E-state index in [1.807, 2.05) is 0 Å². The number of Topliss-reactive ketones (excluding diaryl/α,β-unsaturated/α-hetero) is 2. The van der Waals surface area contributed by atoms with Crippen molar-refractivity contribution in [1.29, 1.82) is 0 Å². The van der Waals surface area contributed by atoms with Gasteiger partial charge in [-0.3, -0.25) is 4.79 Å². The van der Waals surface area contributed by atoms with E-state index in [2.05, 4.69) is 0 Å². The summed E-state index contributed by atoms with van der Waals surface area (Å²) in [6.45, 7) is 2.15. The lowest BCUT2D eigenvalue weighted by Gasteiger charge is -2.12. The number of aromatic hydroxyl groups is 1. The summed E-state index contributed by atoms with van der Waals surface area (Å²) in [5.74, 6) is 0.639. The predicted octanol–water partition coefficient (Wildman–Crippen LogP) is 5.39. The van der Waals surface area contributed by atoms with Crippen LogP contribution < -0.4 is 4.74 Å². The summed E-state index contributed by atoms with van der Waals surface area (Å²) >= 11 is 6.08. The lowest BCUT2D eigenvalue weighted by atomic mass is 10.0. The molecule has 2 aromatic rings. The lowest BCUT2D eigenvalue weighted by Crippen LogP contribution is -2.07. The highest BCUT2D eigenvalue weighted by Crippen LogP contribution is 2.26. The molecular weight excluding hydrogens is 364 g/mol. The third-order valence-electron chi connectivity index (χ3n) is 4.26. The molecule has 1 N–H and O–H groups in total. The average molecular weight is 389 g/mol.